The summed E-state index contributed by atoms with van der Waals surface area (Å²) in [5, 5.41) is 10.6. The molecule has 1 aromatic carbocycles. The van der Waals surface area contributed by atoms with E-state index in [4.69, 9.17) is 16.0 Å². The smallest absolute Gasteiger partial charge is 0.192 e. The van der Waals surface area contributed by atoms with Crippen molar-refractivity contribution in [3.63, 3.8) is 0 Å². The van der Waals surface area contributed by atoms with Gasteiger partial charge in [-0.2, -0.15) is 0 Å². The number of hydrogen-bond acceptors (Lipinski definition) is 2. The van der Waals surface area contributed by atoms with Gasteiger partial charge in [0.05, 0.1) is 12.7 Å². The summed E-state index contributed by atoms with van der Waals surface area (Å²) in [6.07, 6.45) is 0.834. The van der Waals surface area contributed by atoms with Crippen LogP contribution in [-0.2, 0) is 11.0 Å². The van der Waals surface area contributed by atoms with E-state index in [2.05, 4.69) is 40.4 Å². The van der Waals surface area contributed by atoms with E-state index in [1.165, 1.54) is 6.08 Å². The van der Waals surface area contributed by atoms with E-state index in [1.807, 2.05) is 12.1 Å². The molecule has 0 saturated heterocycles. The van der Waals surface area contributed by atoms with Crippen LogP contribution in [0.15, 0.2) is 30.9 Å². The number of halogens is 1. The second kappa shape index (κ2) is 6.44. The van der Waals surface area contributed by atoms with Crippen molar-refractivity contribution in [3.05, 3.63) is 47.0 Å². The highest BCUT2D eigenvalue weighted by molar-refractivity contribution is 6.74. The van der Waals surface area contributed by atoms with E-state index in [-0.39, 0.29) is 5.04 Å². The van der Waals surface area contributed by atoms with Gasteiger partial charge in [-0.1, -0.05) is 44.5 Å². The van der Waals surface area contributed by atoms with E-state index in [1.54, 1.807) is 6.07 Å². The molecule has 0 amide bonds. The van der Waals surface area contributed by atoms with Crippen LogP contribution in [0.4, 0.5) is 0 Å². The molecule has 0 fully saturated rings. The van der Waals surface area contributed by atoms with Crippen LogP contribution in [0.3, 0.4) is 0 Å². The molecule has 0 aromatic heterocycles. The Balaban J connectivity index is 2.90. The van der Waals surface area contributed by atoms with Gasteiger partial charge >= 0.3 is 0 Å². The molecule has 0 saturated carbocycles. The second-order valence-corrected chi connectivity index (χ2v) is 11.8. The molecule has 1 rings (SSSR count). The minimum Gasteiger partial charge on any atom is -0.413 e. The minimum atomic E-state index is -1.80. The van der Waals surface area contributed by atoms with Gasteiger partial charge in [-0.25, -0.2) is 0 Å². The van der Waals surface area contributed by atoms with Gasteiger partial charge in [-0.05, 0) is 41.4 Å². The predicted molar refractivity (Wildman–Crippen MR) is 88.6 cm³/mol. The van der Waals surface area contributed by atoms with Crippen molar-refractivity contribution in [1.82, 2.24) is 0 Å². The van der Waals surface area contributed by atoms with E-state index in [0.717, 1.165) is 11.1 Å². The van der Waals surface area contributed by atoms with Crippen molar-refractivity contribution in [2.24, 2.45) is 0 Å². The lowest BCUT2D eigenvalue weighted by Crippen LogP contribution is -2.40. The molecule has 0 radical (unpaired) electrons. The van der Waals surface area contributed by atoms with Gasteiger partial charge in [-0.15, -0.1) is 6.58 Å². The van der Waals surface area contributed by atoms with Crippen LogP contribution in [0.1, 0.15) is 38.0 Å². The summed E-state index contributed by atoms with van der Waals surface area (Å²) in [4.78, 5) is 0. The average Bonchev–Trinajstić information content (AvgIpc) is 2.35. The van der Waals surface area contributed by atoms with E-state index in [0.29, 0.717) is 11.6 Å². The highest BCUT2D eigenvalue weighted by atomic mass is 35.5. The van der Waals surface area contributed by atoms with Crippen LogP contribution in [0.25, 0.3) is 0 Å². The number of aliphatic hydroxyl groups is 1. The molecule has 0 aliphatic heterocycles. The summed E-state index contributed by atoms with van der Waals surface area (Å²) < 4.78 is 6.18. The monoisotopic (exact) mass is 312 g/mol. The Morgan fingerprint density at radius 2 is 2.00 bits per heavy atom. The zero-order chi connectivity index (χ0) is 15.6. The minimum absolute atomic E-state index is 0.164. The molecule has 112 valence electrons. The Kier molecular flexibility index (Phi) is 5.61. The fraction of sp³-hybridized carbons (Fsp3) is 0.500. The largest absolute Gasteiger partial charge is 0.413 e. The van der Waals surface area contributed by atoms with Crippen molar-refractivity contribution in [2.45, 2.75) is 51.6 Å². The normalized spacial score (nSPS) is 14.2. The Hall–Kier alpha value is -0.613. The van der Waals surface area contributed by atoms with Gasteiger partial charge in [0.2, 0.25) is 0 Å². The second-order valence-electron chi connectivity index (χ2n) is 6.58. The van der Waals surface area contributed by atoms with E-state index >= 15 is 0 Å². The third-order valence-corrected chi connectivity index (χ3v) is 8.88. The maximum absolute atomic E-state index is 9.81. The first-order valence-electron chi connectivity index (χ1n) is 6.81. The number of benzene rings is 1. The zero-order valence-corrected chi connectivity index (χ0v) is 14.8. The Labute approximate surface area is 128 Å². The predicted octanol–water partition coefficient (Wildman–Crippen LogP) is 5.08. The molecule has 1 N–H and O–H groups in total. The number of rotatable bonds is 5. The van der Waals surface area contributed by atoms with Gasteiger partial charge in [0, 0.05) is 5.02 Å². The standard InChI is InChI=1S/C16H25ClO2Si/c1-7-15(18)12-8-9-14(17)13(10-12)11-19-20(5,6)16(2,3)4/h7-10,15,18H,1,11H2,2-6H3. The maximum Gasteiger partial charge on any atom is 0.192 e. The topological polar surface area (TPSA) is 29.5 Å². The molecule has 0 heterocycles. The lowest BCUT2D eigenvalue weighted by atomic mass is 10.1. The van der Waals surface area contributed by atoms with Gasteiger partial charge in [0.1, 0.15) is 0 Å². The van der Waals surface area contributed by atoms with E-state index < -0.39 is 14.4 Å². The first-order valence-corrected chi connectivity index (χ1v) is 10.1. The Morgan fingerprint density at radius 3 is 2.50 bits per heavy atom. The highest BCUT2D eigenvalue weighted by Crippen LogP contribution is 2.37. The molecule has 0 bridgehead atoms. The molecule has 0 aliphatic carbocycles. The third-order valence-electron chi connectivity index (χ3n) is 4.03. The van der Waals surface area contributed by atoms with Gasteiger partial charge < -0.3 is 9.53 Å². The Bertz CT molecular complexity index is 478. The summed E-state index contributed by atoms with van der Waals surface area (Å²) in [7, 11) is -1.80. The molecule has 0 spiro atoms. The summed E-state index contributed by atoms with van der Waals surface area (Å²) in [6.45, 7) is 15.1. The molecule has 1 unspecified atom stereocenters. The average molecular weight is 313 g/mol. The maximum atomic E-state index is 9.81. The van der Waals surface area contributed by atoms with Crippen molar-refractivity contribution in [2.75, 3.05) is 0 Å². The van der Waals surface area contributed by atoms with Crippen LogP contribution in [0.5, 0.6) is 0 Å². The van der Waals surface area contributed by atoms with Crippen LogP contribution < -0.4 is 0 Å². The van der Waals surface area contributed by atoms with Crippen LogP contribution >= 0.6 is 11.6 Å². The molecule has 4 heteroatoms. The van der Waals surface area contributed by atoms with Crippen LogP contribution in [0.2, 0.25) is 23.2 Å². The molecular formula is C16H25ClO2Si. The molecule has 2 nitrogen and oxygen atoms in total. The SMILES string of the molecule is C=CC(O)c1ccc(Cl)c(CO[Si](C)(C)C(C)(C)C)c1. The zero-order valence-electron chi connectivity index (χ0n) is 13.0. The molecule has 20 heavy (non-hydrogen) atoms. The molecular weight excluding hydrogens is 288 g/mol. The van der Waals surface area contributed by atoms with Crippen molar-refractivity contribution < 1.29 is 9.53 Å². The first kappa shape index (κ1) is 17.4. The summed E-state index contributed by atoms with van der Waals surface area (Å²) in [6, 6.07) is 5.50. The Morgan fingerprint density at radius 1 is 1.40 bits per heavy atom. The lowest BCUT2D eigenvalue weighted by Gasteiger charge is -2.36. The first-order chi connectivity index (χ1) is 9.08. The highest BCUT2D eigenvalue weighted by Gasteiger charge is 2.37. The van der Waals surface area contributed by atoms with Crippen LogP contribution in [-0.4, -0.2) is 13.4 Å². The summed E-state index contributed by atoms with van der Waals surface area (Å²) >= 11 is 6.22. The van der Waals surface area contributed by atoms with Gasteiger partial charge in [0.25, 0.3) is 0 Å². The van der Waals surface area contributed by atoms with Crippen LogP contribution in [0, 0.1) is 0 Å². The van der Waals surface area contributed by atoms with Crippen molar-refractivity contribution in [3.8, 4) is 0 Å². The molecule has 1 atom stereocenters. The lowest BCUT2D eigenvalue weighted by molar-refractivity contribution is 0.228. The number of hydrogen-bond donors (Lipinski definition) is 1. The van der Waals surface area contributed by atoms with Gasteiger partial charge in [0.15, 0.2) is 8.32 Å². The summed E-state index contributed by atoms with van der Waals surface area (Å²) in [5.41, 5.74) is 1.70. The van der Waals surface area contributed by atoms with E-state index in [9.17, 15) is 5.11 Å². The third kappa shape index (κ3) is 4.19. The number of aliphatic hydroxyl groups excluding tert-OH is 1. The summed E-state index contributed by atoms with van der Waals surface area (Å²) in [5.74, 6) is 0. The fourth-order valence-corrected chi connectivity index (χ4v) is 2.62. The fourth-order valence-electron chi connectivity index (χ4n) is 1.50. The van der Waals surface area contributed by atoms with Crippen molar-refractivity contribution >= 4 is 19.9 Å². The molecule has 1 aromatic rings. The quantitative estimate of drug-likeness (QED) is 0.607. The molecule has 0 aliphatic rings. The van der Waals surface area contributed by atoms with Gasteiger partial charge in [-0.3, -0.25) is 0 Å². The van der Waals surface area contributed by atoms with Crippen molar-refractivity contribution in [1.29, 1.82) is 0 Å².